The summed E-state index contributed by atoms with van der Waals surface area (Å²) >= 11 is 1.76. The smallest absolute Gasteiger partial charge is 0.0649 e. The molecule has 4 rings (SSSR count). The minimum atomic E-state index is 0. The maximum absolute atomic E-state index is 4.43. The maximum atomic E-state index is 4.43. The van der Waals surface area contributed by atoms with E-state index in [1.807, 2.05) is 54.7 Å². The summed E-state index contributed by atoms with van der Waals surface area (Å²) in [6, 6.07) is 22.4. The zero-order chi connectivity index (χ0) is 15.7. The van der Waals surface area contributed by atoms with Gasteiger partial charge in [-0.1, -0.05) is 17.0 Å². The molecule has 1 aliphatic heterocycles. The van der Waals surface area contributed by atoms with Crippen LogP contribution < -0.4 is 0 Å². The van der Waals surface area contributed by atoms with Gasteiger partial charge in [-0.2, -0.15) is 5.38 Å². The Balaban J connectivity index is 0.000000167. The van der Waals surface area contributed by atoms with Crippen molar-refractivity contribution in [1.82, 2.24) is 4.98 Å². The topological polar surface area (TPSA) is 25.2 Å². The van der Waals surface area contributed by atoms with Crippen LogP contribution in [0.2, 0.25) is 0 Å². The van der Waals surface area contributed by atoms with Crippen LogP contribution in [0.3, 0.4) is 0 Å². The number of pyridine rings is 1. The van der Waals surface area contributed by atoms with E-state index in [0.717, 1.165) is 17.7 Å². The van der Waals surface area contributed by atoms with Gasteiger partial charge < -0.3 is 4.98 Å². The van der Waals surface area contributed by atoms with E-state index in [-0.39, 0.29) is 20.1 Å². The van der Waals surface area contributed by atoms with Gasteiger partial charge in [0.15, 0.2) is 0 Å². The van der Waals surface area contributed by atoms with Crippen LogP contribution in [0.4, 0.5) is 0 Å². The Morgan fingerprint density at radius 1 is 1.04 bits per heavy atom. The number of aromatic nitrogens is 1. The normalized spacial score (nSPS) is 15.8. The first-order valence-electron chi connectivity index (χ1n) is 7.78. The third kappa shape index (κ3) is 5.48. The summed E-state index contributed by atoms with van der Waals surface area (Å²) in [6.45, 7) is 0. The van der Waals surface area contributed by atoms with Crippen LogP contribution >= 0.6 is 11.3 Å². The number of thiophene rings is 1. The molecule has 3 heterocycles. The third-order valence-corrected chi connectivity index (χ3v) is 4.45. The molecule has 1 unspecified atom stereocenters. The van der Waals surface area contributed by atoms with Crippen LogP contribution in [0.1, 0.15) is 30.2 Å². The van der Waals surface area contributed by atoms with Gasteiger partial charge >= 0.3 is 0 Å². The summed E-state index contributed by atoms with van der Waals surface area (Å²) in [5, 5.41) is 2.07. The second-order valence-electron chi connectivity index (χ2n) is 5.20. The summed E-state index contributed by atoms with van der Waals surface area (Å²) in [6.07, 6.45) is 7.47. The van der Waals surface area contributed by atoms with Crippen LogP contribution in [0.25, 0.3) is 11.3 Å². The van der Waals surface area contributed by atoms with Crippen molar-refractivity contribution in [2.24, 2.45) is 4.99 Å². The summed E-state index contributed by atoms with van der Waals surface area (Å²) in [7, 11) is 0. The fourth-order valence-electron chi connectivity index (χ4n) is 2.38. The molecule has 2 aromatic heterocycles. The van der Waals surface area contributed by atoms with Crippen molar-refractivity contribution in [3.63, 3.8) is 0 Å². The predicted octanol–water partition coefficient (Wildman–Crippen LogP) is 5.39. The Hall–Kier alpha value is -1.61. The van der Waals surface area contributed by atoms with Crippen LogP contribution in [-0.4, -0.2) is 11.2 Å². The minimum absolute atomic E-state index is 0. The molecule has 1 aromatic carbocycles. The van der Waals surface area contributed by atoms with Crippen molar-refractivity contribution < 1.29 is 20.1 Å². The molecule has 125 valence electrons. The van der Waals surface area contributed by atoms with E-state index in [1.165, 1.54) is 17.7 Å². The van der Waals surface area contributed by atoms with Gasteiger partial charge in [0, 0.05) is 26.3 Å². The first-order valence-corrected chi connectivity index (χ1v) is 8.66. The molecule has 0 saturated heterocycles. The average molecular weight is 511 g/mol. The second kappa shape index (κ2) is 10.3. The van der Waals surface area contributed by atoms with Crippen LogP contribution in [0.5, 0.6) is 0 Å². The molecule has 0 spiro atoms. The minimum Gasteiger partial charge on any atom is -0.305 e. The summed E-state index contributed by atoms with van der Waals surface area (Å²) in [4.78, 5) is 9.94. The zero-order valence-corrected chi connectivity index (χ0v) is 16.4. The summed E-state index contributed by atoms with van der Waals surface area (Å²) < 4.78 is 0. The van der Waals surface area contributed by atoms with Crippen LogP contribution in [-0.2, 0) is 20.1 Å². The standard InChI is InChI=1S/C11H8N.C9H10NS.Ir/c1-2-6-10(7-3-1)11-8-4-5-9-12-11;1-2-6-10-8(4-1)9-5-3-7-11-9;/h1-6,8-9H;3,6-8H,1-2,4H2;/q2*-1;. The van der Waals surface area contributed by atoms with Gasteiger partial charge in [0.25, 0.3) is 0 Å². The third-order valence-electron chi connectivity index (χ3n) is 3.54. The Kier molecular flexibility index (Phi) is 8.03. The van der Waals surface area contributed by atoms with Gasteiger partial charge in [0.05, 0.1) is 6.04 Å². The number of hydrogen-bond donors (Lipinski definition) is 0. The van der Waals surface area contributed by atoms with Gasteiger partial charge in [-0.3, -0.25) is 16.3 Å². The number of aliphatic imine (C=N–C) groups is 1. The van der Waals surface area contributed by atoms with E-state index in [2.05, 4.69) is 27.5 Å². The van der Waals surface area contributed by atoms with Crippen molar-refractivity contribution in [3.8, 4) is 11.3 Å². The van der Waals surface area contributed by atoms with Crippen LogP contribution in [0.15, 0.2) is 65.1 Å². The SMILES string of the molecule is [Ir].[c-]1ccccc1-c1ccccn1.[c-]1ccsc1C1CCCC=N1. The zero-order valence-electron chi connectivity index (χ0n) is 13.2. The Morgan fingerprint density at radius 2 is 1.96 bits per heavy atom. The van der Waals surface area contributed by atoms with Gasteiger partial charge in [-0.15, -0.1) is 35.9 Å². The van der Waals surface area contributed by atoms with E-state index in [9.17, 15) is 0 Å². The predicted molar refractivity (Wildman–Crippen MR) is 96.7 cm³/mol. The number of hydrogen-bond acceptors (Lipinski definition) is 3. The fourth-order valence-corrected chi connectivity index (χ4v) is 3.14. The van der Waals surface area contributed by atoms with Crippen LogP contribution in [0, 0.1) is 12.1 Å². The maximum Gasteiger partial charge on any atom is 0.0649 e. The molecule has 1 aliphatic rings. The Labute approximate surface area is 161 Å². The number of nitrogens with zero attached hydrogens (tertiary/aromatic N) is 2. The fraction of sp³-hybridized carbons (Fsp3) is 0.200. The number of rotatable bonds is 2. The van der Waals surface area contributed by atoms with Crippen molar-refractivity contribution in [1.29, 1.82) is 0 Å². The molecule has 0 amide bonds. The molecular weight excluding hydrogens is 493 g/mol. The van der Waals surface area contributed by atoms with Gasteiger partial charge in [0.1, 0.15) is 0 Å². The van der Waals surface area contributed by atoms with E-state index in [4.69, 9.17) is 0 Å². The molecule has 0 saturated carbocycles. The Morgan fingerprint density at radius 3 is 2.58 bits per heavy atom. The average Bonchev–Trinajstić information content (AvgIpc) is 3.19. The van der Waals surface area contributed by atoms with E-state index in [0.29, 0.717) is 6.04 Å². The van der Waals surface area contributed by atoms with Crippen molar-refractivity contribution in [3.05, 3.63) is 77.1 Å². The molecule has 0 aliphatic carbocycles. The quantitative estimate of drug-likeness (QED) is 0.425. The summed E-state index contributed by atoms with van der Waals surface area (Å²) in [5.41, 5.74) is 2.01. The van der Waals surface area contributed by atoms with E-state index >= 15 is 0 Å². The molecule has 1 radical (unpaired) electrons. The molecule has 4 heteroatoms. The van der Waals surface area contributed by atoms with E-state index < -0.39 is 0 Å². The molecule has 1 atom stereocenters. The molecule has 0 fully saturated rings. The van der Waals surface area contributed by atoms with Crippen molar-refractivity contribution in [2.75, 3.05) is 0 Å². The molecule has 0 N–H and O–H groups in total. The first-order chi connectivity index (χ1) is 11.4. The largest absolute Gasteiger partial charge is 0.305 e. The second-order valence-corrected chi connectivity index (χ2v) is 6.15. The molecule has 24 heavy (non-hydrogen) atoms. The molecule has 3 aromatic rings. The van der Waals surface area contributed by atoms with Crippen molar-refractivity contribution in [2.45, 2.75) is 25.3 Å². The summed E-state index contributed by atoms with van der Waals surface area (Å²) in [5.74, 6) is 0. The van der Waals surface area contributed by atoms with Crippen molar-refractivity contribution >= 4 is 17.6 Å². The monoisotopic (exact) mass is 511 g/mol. The van der Waals surface area contributed by atoms with Gasteiger partial charge in [-0.05, 0) is 37.2 Å². The van der Waals surface area contributed by atoms with E-state index in [1.54, 1.807) is 17.5 Å². The molecule has 2 nitrogen and oxygen atoms in total. The number of benzene rings is 1. The van der Waals surface area contributed by atoms with Gasteiger partial charge in [-0.25, -0.2) is 12.1 Å². The van der Waals surface area contributed by atoms with Gasteiger partial charge in [0.2, 0.25) is 0 Å². The molecule has 0 bridgehead atoms. The molecular formula is C20H18IrN2S-2. The first kappa shape index (κ1) is 18.7. The Bertz CT molecular complexity index is 674.